The largest absolute Gasteiger partial charge is 0.486 e. The second kappa shape index (κ2) is 3.66. The van der Waals surface area contributed by atoms with Crippen molar-refractivity contribution in [2.24, 2.45) is 5.92 Å². The van der Waals surface area contributed by atoms with Crippen molar-refractivity contribution in [1.82, 2.24) is 0 Å². The second-order valence-electron chi connectivity index (χ2n) is 4.83. The van der Waals surface area contributed by atoms with Crippen molar-refractivity contribution in [2.45, 2.75) is 18.8 Å². The summed E-state index contributed by atoms with van der Waals surface area (Å²) >= 11 is 3.57. The normalized spacial score (nSPS) is 31.2. The summed E-state index contributed by atoms with van der Waals surface area (Å²) in [6.07, 6.45) is 1.26. The molecule has 0 saturated heterocycles. The van der Waals surface area contributed by atoms with Crippen molar-refractivity contribution in [2.75, 3.05) is 18.5 Å². The van der Waals surface area contributed by atoms with Crippen molar-refractivity contribution in [1.29, 1.82) is 0 Å². The van der Waals surface area contributed by atoms with E-state index in [4.69, 9.17) is 9.47 Å². The van der Waals surface area contributed by atoms with Gasteiger partial charge in [-0.05, 0) is 35.4 Å². The summed E-state index contributed by atoms with van der Waals surface area (Å²) in [6.45, 7) is 3.65. The fourth-order valence-corrected chi connectivity index (χ4v) is 3.37. The lowest BCUT2D eigenvalue weighted by Crippen LogP contribution is -2.16. The Morgan fingerprint density at radius 3 is 2.75 bits per heavy atom. The highest BCUT2D eigenvalue weighted by atomic mass is 79.9. The summed E-state index contributed by atoms with van der Waals surface area (Å²) in [7, 11) is 0. The zero-order valence-electron chi connectivity index (χ0n) is 9.33. The highest BCUT2D eigenvalue weighted by molar-refractivity contribution is 9.09. The van der Waals surface area contributed by atoms with Crippen LogP contribution in [0.5, 0.6) is 11.5 Å². The maximum Gasteiger partial charge on any atom is 0.161 e. The quantitative estimate of drug-likeness (QED) is 0.776. The minimum Gasteiger partial charge on any atom is -0.486 e. The lowest BCUT2D eigenvalue weighted by molar-refractivity contribution is 0.171. The summed E-state index contributed by atoms with van der Waals surface area (Å²) in [5.74, 6) is 2.55. The molecule has 2 atom stereocenters. The second-order valence-corrected chi connectivity index (χ2v) is 5.48. The topological polar surface area (TPSA) is 18.5 Å². The van der Waals surface area contributed by atoms with Crippen LogP contribution < -0.4 is 9.47 Å². The van der Waals surface area contributed by atoms with E-state index < -0.39 is 0 Å². The Hall–Kier alpha value is -0.700. The molecule has 2 unspecified atom stereocenters. The maximum atomic E-state index is 5.62. The Bertz CT molecular complexity index is 418. The van der Waals surface area contributed by atoms with E-state index in [0.717, 1.165) is 22.7 Å². The van der Waals surface area contributed by atoms with E-state index >= 15 is 0 Å². The third kappa shape index (κ3) is 1.53. The van der Waals surface area contributed by atoms with Crippen LogP contribution in [-0.2, 0) is 5.41 Å². The van der Waals surface area contributed by atoms with Crippen LogP contribution in [0.4, 0.5) is 0 Å². The van der Waals surface area contributed by atoms with E-state index in [9.17, 15) is 0 Å². The number of ether oxygens (including phenoxy) is 2. The van der Waals surface area contributed by atoms with Crippen LogP contribution in [0.2, 0.25) is 0 Å². The first-order valence-corrected chi connectivity index (χ1v) is 6.82. The average molecular weight is 283 g/mol. The fourth-order valence-electron chi connectivity index (χ4n) is 2.43. The van der Waals surface area contributed by atoms with E-state index in [1.165, 1.54) is 12.0 Å². The van der Waals surface area contributed by atoms with Gasteiger partial charge in [0.25, 0.3) is 0 Å². The van der Waals surface area contributed by atoms with Gasteiger partial charge in [0, 0.05) is 5.33 Å². The number of hydrogen-bond acceptors (Lipinski definition) is 2. The van der Waals surface area contributed by atoms with Gasteiger partial charge in [-0.15, -0.1) is 0 Å². The molecule has 0 spiro atoms. The molecule has 86 valence electrons. The van der Waals surface area contributed by atoms with Gasteiger partial charge in [-0.3, -0.25) is 0 Å². The summed E-state index contributed by atoms with van der Waals surface area (Å²) < 4.78 is 11.1. The van der Waals surface area contributed by atoms with E-state index in [-0.39, 0.29) is 0 Å². The summed E-state index contributed by atoms with van der Waals surface area (Å²) in [5.41, 5.74) is 1.71. The number of benzene rings is 1. The molecule has 0 N–H and O–H groups in total. The monoisotopic (exact) mass is 282 g/mol. The first-order valence-electron chi connectivity index (χ1n) is 5.70. The molecule has 0 radical (unpaired) electrons. The van der Waals surface area contributed by atoms with E-state index in [1.807, 2.05) is 6.07 Å². The van der Waals surface area contributed by atoms with Crippen molar-refractivity contribution in [3.05, 3.63) is 23.8 Å². The minimum atomic E-state index is 0.333. The first-order chi connectivity index (χ1) is 7.74. The molecule has 1 aromatic rings. The van der Waals surface area contributed by atoms with Crippen LogP contribution in [-0.4, -0.2) is 18.5 Å². The van der Waals surface area contributed by atoms with Gasteiger partial charge in [0.15, 0.2) is 11.5 Å². The van der Waals surface area contributed by atoms with Crippen LogP contribution >= 0.6 is 15.9 Å². The smallest absolute Gasteiger partial charge is 0.161 e. The minimum absolute atomic E-state index is 0.333. The van der Waals surface area contributed by atoms with Crippen molar-refractivity contribution in [3.63, 3.8) is 0 Å². The highest BCUT2D eigenvalue weighted by Crippen LogP contribution is 2.55. The molecular formula is C13H15BrO2. The predicted molar refractivity (Wildman–Crippen MR) is 66.7 cm³/mol. The summed E-state index contributed by atoms with van der Waals surface area (Å²) in [6, 6.07) is 6.37. The van der Waals surface area contributed by atoms with Crippen molar-refractivity contribution < 1.29 is 9.47 Å². The van der Waals surface area contributed by atoms with Crippen molar-refractivity contribution >= 4 is 15.9 Å². The van der Waals surface area contributed by atoms with Gasteiger partial charge in [-0.25, -0.2) is 0 Å². The van der Waals surface area contributed by atoms with Gasteiger partial charge in [-0.1, -0.05) is 28.9 Å². The number of rotatable bonds is 2. The fraction of sp³-hybridized carbons (Fsp3) is 0.538. The molecule has 1 heterocycles. The molecule has 0 bridgehead atoms. The Balaban J connectivity index is 1.92. The summed E-state index contributed by atoms with van der Waals surface area (Å²) in [4.78, 5) is 0. The standard InChI is InChI=1S/C13H15BrO2/c1-13(7-10(13)8-14)9-2-3-11-12(6-9)16-5-4-15-11/h2-3,6,10H,4-5,7-8H2,1H3. The Kier molecular flexibility index (Phi) is 2.39. The van der Waals surface area contributed by atoms with E-state index in [0.29, 0.717) is 18.6 Å². The Morgan fingerprint density at radius 1 is 1.31 bits per heavy atom. The third-order valence-corrected chi connectivity index (χ3v) is 4.58. The molecule has 2 aliphatic rings. The number of fused-ring (bicyclic) bond motifs is 1. The van der Waals surface area contributed by atoms with Gasteiger partial charge < -0.3 is 9.47 Å². The van der Waals surface area contributed by atoms with Gasteiger partial charge in [0.2, 0.25) is 0 Å². The number of halogens is 1. The number of hydrogen-bond donors (Lipinski definition) is 0. The van der Waals surface area contributed by atoms with Gasteiger partial charge in [-0.2, -0.15) is 0 Å². The molecule has 1 saturated carbocycles. The zero-order chi connectivity index (χ0) is 11.2. The lowest BCUT2D eigenvalue weighted by Gasteiger charge is -2.20. The van der Waals surface area contributed by atoms with Crippen molar-refractivity contribution in [3.8, 4) is 11.5 Å². The van der Waals surface area contributed by atoms with Crippen LogP contribution in [0, 0.1) is 5.92 Å². The average Bonchev–Trinajstić information content (AvgIpc) is 3.01. The Morgan fingerprint density at radius 2 is 2.06 bits per heavy atom. The molecule has 3 rings (SSSR count). The van der Waals surface area contributed by atoms with Crippen LogP contribution in [0.15, 0.2) is 18.2 Å². The van der Waals surface area contributed by atoms with Crippen LogP contribution in [0.1, 0.15) is 18.9 Å². The summed E-state index contributed by atoms with van der Waals surface area (Å²) in [5, 5.41) is 1.08. The maximum absolute atomic E-state index is 5.62. The lowest BCUT2D eigenvalue weighted by atomic mass is 9.95. The van der Waals surface area contributed by atoms with Gasteiger partial charge >= 0.3 is 0 Å². The van der Waals surface area contributed by atoms with E-state index in [2.05, 4.69) is 35.0 Å². The molecule has 2 nitrogen and oxygen atoms in total. The molecule has 1 aromatic carbocycles. The predicted octanol–water partition coefficient (Wildman–Crippen LogP) is 3.13. The van der Waals surface area contributed by atoms with Gasteiger partial charge in [0.1, 0.15) is 13.2 Å². The molecule has 0 aromatic heterocycles. The molecule has 3 heteroatoms. The number of alkyl halides is 1. The zero-order valence-corrected chi connectivity index (χ0v) is 10.9. The molecule has 1 fully saturated rings. The van der Waals surface area contributed by atoms with Crippen LogP contribution in [0.3, 0.4) is 0 Å². The molecular weight excluding hydrogens is 268 g/mol. The third-order valence-electron chi connectivity index (χ3n) is 3.80. The molecule has 1 aliphatic heterocycles. The van der Waals surface area contributed by atoms with E-state index in [1.54, 1.807) is 0 Å². The molecule has 16 heavy (non-hydrogen) atoms. The molecule has 1 aliphatic carbocycles. The Labute approximate surface area is 104 Å². The SMILES string of the molecule is CC1(c2ccc3c(c2)OCCO3)CC1CBr. The van der Waals surface area contributed by atoms with Crippen LogP contribution in [0.25, 0.3) is 0 Å². The first kappa shape index (κ1) is 10.5. The highest BCUT2D eigenvalue weighted by Gasteiger charge is 2.50. The van der Waals surface area contributed by atoms with Gasteiger partial charge in [0.05, 0.1) is 0 Å². The molecule has 0 amide bonds.